The maximum atomic E-state index is 12.3. The first-order valence-corrected chi connectivity index (χ1v) is 8.56. The van der Waals surface area contributed by atoms with Crippen molar-refractivity contribution in [2.75, 3.05) is 5.32 Å². The van der Waals surface area contributed by atoms with E-state index >= 15 is 0 Å². The number of nitrogens with zero attached hydrogens (tertiary/aromatic N) is 3. The van der Waals surface area contributed by atoms with Gasteiger partial charge in [-0.15, -0.1) is 0 Å². The molecule has 1 aliphatic rings. The van der Waals surface area contributed by atoms with Crippen molar-refractivity contribution in [3.63, 3.8) is 0 Å². The zero-order chi connectivity index (χ0) is 18.1. The molecule has 0 unspecified atom stereocenters. The molecule has 7 nitrogen and oxygen atoms in total. The van der Waals surface area contributed by atoms with Crippen molar-refractivity contribution in [1.29, 1.82) is 5.26 Å². The zero-order valence-corrected chi connectivity index (χ0v) is 14.0. The Labute approximate surface area is 149 Å². The van der Waals surface area contributed by atoms with E-state index in [4.69, 9.17) is 0 Å². The van der Waals surface area contributed by atoms with Crippen LogP contribution >= 0.6 is 0 Å². The van der Waals surface area contributed by atoms with Crippen LogP contribution in [0.4, 0.5) is 5.69 Å². The number of carbonyl (C=O) groups is 1. The average Bonchev–Trinajstić information content (AvgIpc) is 3.28. The van der Waals surface area contributed by atoms with Crippen LogP contribution in [0.15, 0.2) is 41.6 Å². The fraction of sp³-hybridized carbons (Fsp3) is 0.263. The van der Waals surface area contributed by atoms with Crippen LogP contribution in [0.2, 0.25) is 0 Å². The molecule has 0 aliphatic heterocycles. The van der Waals surface area contributed by atoms with Crippen molar-refractivity contribution in [3.05, 3.63) is 58.4 Å². The van der Waals surface area contributed by atoms with Crippen molar-refractivity contribution < 1.29 is 4.79 Å². The van der Waals surface area contributed by atoms with Gasteiger partial charge in [0.1, 0.15) is 11.8 Å². The number of anilines is 1. The molecule has 4 rings (SSSR count). The van der Waals surface area contributed by atoms with Crippen LogP contribution in [0.3, 0.4) is 0 Å². The van der Waals surface area contributed by atoms with Gasteiger partial charge in [-0.3, -0.25) is 9.59 Å². The van der Waals surface area contributed by atoms with Crippen molar-refractivity contribution in [2.45, 2.75) is 31.7 Å². The second-order valence-corrected chi connectivity index (χ2v) is 6.48. The molecule has 130 valence electrons. The third kappa shape index (κ3) is 2.86. The van der Waals surface area contributed by atoms with Crippen molar-refractivity contribution >= 4 is 22.5 Å². The Morgan fingerprint density at radius 3 is 2.85 bits per heavy atom. The van der Waals surface area contributed by atoms with E-state index in [1.807, 2.05) is 18.3 Å². The summed E-state index contributed by atoms with van der Waals surface area (Å²) in [6.07, 6.45) is 7.69. The standard InChI is InChI=1S/C19H17N5O2/c20-9-12-10-24(14-3-1-2-4-14)17-7-13(5-6-15(12)17)23-19(26)16-8-18(25)22-11-21-16/h5-8,10-11,14H,1-4H2,(H,23,26)(H,21,22,25). The SMILES string of the molecule is N#Cc1cn(C2CCCC2)c2cc(NC(=O)c3cc(=O)[nH]cn3)ccc12. The maximum Gasteiger partial charge on any atom is 0.274 e. The Kier molecular flexibility index (Phi) is 4.01. The Bertz CT molecular complexity index is 1080. The molecule has 1 aromatic carbocycles. The molecule has 2 N–H and O–H groups in total. The van der Waals surface area contributed by atoms with E-state index in [0.29, 0.717) is 17.3 Å². The normalized spacial score (nSPS) is 14.4. The van der Waals surface area contributed by atoms with E-state index in [9.17, 15) is 14.9 Å². The van der Waals surface area contributed by atoms with E-state index in [2.05, 4.69) is 25.9 Å². The molecule has 3 aromatic rings. The lowest BCUT2D eigenvalue weighted by molar-refractivity contribution is 0.102. The van der Waals surface area contributed by atoms with E-state index in [1.54, 1.807) is 6.07 Å². The second kappa shape index (κ2) is 6.48. The Balaban J connectivity index is 1.70. The van der Waals surface area contributed by atoms with Crippen molar-refractivity contribution in [3.8, 4) is 6.07 Å². The van der Waals surface area contributed by atoms with Gasteiger partial charge < -0.3 is 14.9 Å². The van der Waals surface area contributed by atoms with E-state index in [1.165, 1.54) is 19.2 Å². The molecule has 1 amide bonds. The van der Waals surface area contributed by atoms with E-state index in [0.717, 1.165) is 29.8 Å². The van der Waals surface area contributed by atoms with Gasteiger partial charge in [0, 0.05) is 29.4 Å². The number of aromatic amines is 1. The van der Waals surface area contributed by atoms with Gasteiger partial charge in [-0.05, 0) is 31.0 Å². The number of hydrogen-bond acceptors (Lipinski definition) is 4. The van der Waals surface area contributed by atoms with Gasteiger partial charge in [-0.2, -0.15) is 5.26 Å². The third-order valence-electron chi connectivity index (χ3n) is 4.84. The second-order valence-electron chi connectivity index (χ2n) is 6.48. The highest BCUT2D eigenvalue weighted by Crippen LogP contribution is 2.35. The molecule has 1 aliphatic carbocycles. The molecule has 0 atom stereocenters. The zero-order valence-electron chi connectivity index (χ0n) is 14.0. The lowest BCUT2D eigenvalue weighted by Crippen LogP contribution is -2.17. The van der Waals surface area contributed by atoms with Crippen LogP contribution in [0.5, 0.6) is 0 Å². The highest BCUT2D eigenvalue weighted by Gasteiger charge is 2.20. The Hall–Kier alpha value is -3.40. The largest absolute Gasteiger partial charge is 0.343 e. The molecule has 0 bridgehead atoms. The smallest absolute Gasteiger partial charge is 0.274 e. The van der Waals surface area contributed by atoms with E-state index < -0.39 is 5.91 Å². The minimum Gasteiger partial charge on any atom is -0.343 e. The van der Waals surface area contributed by atoms with Crippen LogP contribution in [-0.2, 0) is 0 Å². The van der Waals surface area contributed by atoms with Crippen LogP contribution in [0.25, 0.3) is 10.9 Å². The maximum absolute atomic E-state index is 12.3. The number of nitrogens with one attached hydrogen (secondary N) is 2. The molecule has 1 fully saturated rings. The lowest BCUT2D eigenvalue weighted by Gasteiger charge is -2.14. The molecule has 0 spiro atoms. The van der Waals surface area contributed by atoms with Crippen LogP contribution < -0.4 is 10.9 Å². The summed E-state index contributed by atoms with van der Waals surface area (Å²) in [5.74, 6) is -0.449. The monoisotopic (exact) mass is 347 g/mol. The fourth-order valence-corrected chi connectivity index (χ4v) is 3.59. The van der Waals surface area contributed by atoms with Gasteiger partial charge in [0.25, 0.3) is 11.5 Å². The first-order valence-electron chi connectivity index (χ1n) is 8.56. The first kappa shape index (κ1) is 16.1. The van der Waals surface area contributed by atoms with Gasteiger partial charge in [0.2, 0.25) is 0 Å². The molecule has 2 aromatic heterocycles. The summed E-state index contributed by atoms with van der Waals surface area (Å²) in [7, 11) is 0. The summed E-state index contributed by atoms with van der Waals surface area (Å²) in [6, 6.07) is 9.27. The number of rotatable bonds is 3. The van der Waals surface area contributed by atoms with Crippen molar-refractivity contribution in [1.82, 2.24) is 14.5 Å². The molecule has 26 heavy (non-hydrogen) atoms. The van der Waals surface area contributed by atoms with Gasteiger partial charge >= 0.3 is 0 Å². The minimum absolute atomic E-state index is 0.0535. The molecule has 7 heteroatoms. The Morgan fingerprint density at radius 2 is 2.12 bits per heavy atom. The topological polar surface area (TPSA) is 104 Å². The quantitative estimate of drug-likeness (QED) is 0.760. The molecule has 1 saturated carbocycles. The predicted molar refractivity (Wildman–Crippen MR) is 97.0 cm³/mol. The van der Waals surface area contributed by atoms with Gasteiger partial charge in [-0.1, -0.05) is 12.8 Å². The summed E-state index contributed by atoms with van der Waals surface area (Å²) < 4.78 is 2.15. The lowest BCUT2D eigenvalue weighted by atomic mass is 10.1. The third-order valence-corrected chi connectivity index (χ3v) is 4.84. The molecular formula is C19H17N5O2. The average molecular weight is 347 g/mol. The van der Waals surface area contributed by atoms with Gasteiger partial charge in [0.15, 0.2) is 0 Å². The number of benzene rings is 1. The summed E-state index contributed by atoms with van der Waals surface area (Å²) in [4.78, 5) is 29.9. The minimum atomic E-state index is -0.449. The fourth-order valence-electron chi connectivity index (χ4n) is 3.59. The van der Waals surface area contributed by atoms with Gasteiger partial charge in [0.05, 0.1) is 17.4 Å². The number of hydrogen-bond donors (Lipinski definition) is 2. The number of aromatic nitrogens is 3. The number of amides is 1. The highest BCUT2D eigenvalue weighted by atomic mass is 16.2. The van der Waals surface area contributed by atoms with Crippen LogP contribution in [-0.4, -0.2) is 20.4 Å². The number of fused-ring (bicyclic) bond motifs is 1. The summed E-state index contributed by atoms with van der Waals surface area (Å²) in [5, 5.41) is 13.1. The van der Waals surface area contributed by atoms with Crippen LogP contribution in [0.1, 0.15) is 47.8 Å². The Morgan fingerprint density at radius 1 is 1.31 bits per heavy atom. The highest BCUT2D eigenvalue weighted by molar-refractivity contribution is 6.04. The predicted octanol–water partition coefficient (Wildman–Crippen LogP) is 2.96. The van der Waals surface area contributed by atoms with Crippen molar-refractivity contribution in [2.24, 2.45) is 0 Å². The molecule has 2 heterocycles. The summed E-state index contributed by atoms with van der Waals surface area (Å²) in [6.45, 7) is 0. The molecular weight excluding hydrogens is 330 g/mol. The first-order chi connectivity index (χ1) is 12.7. The number of H-pyrrole nitrogens is 1. The molecule has 0 saturated heterocycles. The number of nitriles is 1. The van der Waals surface area contributed by atoms with Gasteiger partial charge in [-0.25, -0.2) is 4.98 Å². The van der Waals surface area contributed by atoms with Crippen LogP contribution in [0, 0.1) is 11.3 Å². The van der Waals surface area contributed by atoms with E-state index in [-0.39, 0.29) is 11.3 Å². The summed E-state index contributed by atoms with van der Waals surface area (Å²) in [5.41, 5.74) is 1.85. The number of carbonyl (C=O) groups excluding carboxylic acids is 1. The molecule has 0 radical (unpaired) electrons. The summed E-state index contributed by atoms with van der Waals surface area (Å²) >= 11 is 0.